The number of aryl methyl sites for hydroxylation is 1. The first kappa shape index (κ1) is 17.3. The number of aromatic nitrogens is 3. The number of rotatable bonds is 3. The second-order valence-corrected chi connectivity index (χ2v) is 7.29. The quantitative estimate of drug-likeness (QED) is 0.721. The summed E-state index contributed by atoms with van der Waals surface area (Å²) in [7, 11) is 0. The minimum Gasteiger partial charge on any atom is -0.379 e. The van der Waals surface area contributed by atoms with E-state index in [-0.39, 0.29) is 0 Å². The fourth-order valence-electron chi connectivity index (χ4n) is 3.52. The summed E-state index contributed by atoms with van der Waals surface area (Å²) in [6, 6.07) is 13.4. The van der Waals surface area contributed by atoms with Crippen molar-refractivity contribution >= 4 is 29.3 Å². The van der Waals surface area contributed by atoms with Gasteiger partial charge in [-0.3, -0.25) is 0 Å². The first-order valence-electron chi connectivity index (χ1n) is 8.35. The number of benzene rings is 2. The standard InChI is InChI=1S/C20H17Cl2N3O/c21-17-8-6-15(19(22)10-17)9-16-7-5-14-3-1-2-4-18(14)20(16,26)11-25-13-23-12-24-25/h1-4,6,8-10,12-13,26H,5,7,11H2/b16-9+/t20-/m1/s1. The molecule has 1 aliphatic rings. The Hall–Kier alpha value is -2.14. The molecule has 1 aliphatic carbocycles. The third-order valence-electron chi connectivity index (χ3n) is 4.81. The highest BCUT2D eigenvalue weighted by Gasteiger charge is 2.39. The van der Waals surface area contributed by atoms with E-state index in [0.717, 1.165) is 35.1 Å². The van der Waals surface area contributed by atoms with Gasteiger partial charge in [-0.25, -0.2) is 9.67 Å². The number of aliphatic hydroxyl groups is 1. The molecule has 0 spiro atoms. The molecule has 1 atom stereocenters. The van der Waals surface area contributed by atoms with Gasteiger partial charge >= 0.3 is 0 Å². The molecule has 26 heavy (non-hydrogen) atoms. The van der Waals surface area contributed by atoms with Gasteiger partial charge in [0.05, 0.1) is 6.54 Å². The highest BCUT2D eigenvalue weighted by Crippen LogP contribution is 2.42. The van der Waals surface area contributed by atoms with Gasteiger partial charge in [0.25, 0.3) is 0 Å². The maximum Gasteiger partial charge on any atom is 0.137 e. The zero-order chi connectivity index (χ0) is 18.1. The first-order valence-corrected chi connectivity index (χ1v) is 9.11. The van der Waals surface area contributed by atoms with Gasteiger partial charge < -0.3 is 5.11 Å². The Morgan fingerprint density at radius 2 is 2.00 bits per heavy atom. The van der Waals surface area contributed by atoms with Crippen LogP contribution in [0.5, 0.6) is 0 Å². The highest BCUT2D eigenvalue weighted by atomic mass is 35.5. The van der Waals surface area contributed by atoms with Gasteiger partial charge in [-0.2, -0.15) is 5.10 Å². The lowest BCUT2D eigenvalue weighted by atomic mass is 9.74. The van der Waals surface area contributed by atoms with Crippen LogP contribution in [0.2, 0.25) is 10.0 Å². The molecule has 0 unspecified atom stereocenters. The molecule has 0 aliphatic heterocycles. The molecule has 4 rings (SSSR count). The molecule has 0 saturated carbocycles. The molecule has 1 aromatic heterocycles. The van der Waals surface area contributed by atoms with Crippen LogP contribution in [0, 0.1) is 0 Å². The molecule has 0 amide bonds. The average molecular weight is 386 g/mol. The lowest BCUT2D eigenvalue weighted by molar-refractivity contribution is 0.0456. The van der Waals surface area contributed by atoms with Crippen molar-refractivity contribution in [3.05, 3.63) is 87.4 Å². The molecule has 2 aromatic carbocycles. The van der Waals surface area contributed by atoms with E-state index in [9.17, 15) is 5.11 Å². The van der Waals surface area contributed by atoms with Crippen LogP contribution in [-0.4, -0.2) is 19.9 Å². The minimum atomic E-state index is -1.18. The fourth-order valence-corrected chi connectivity index (χ4v) is 3.99. The predicted octanol–water partition coefficient (Wildman–Crippen LogP) is 4.50. The minimum absolute atomic E-state index is 0.293. The van der Waals surface area contributed by atoms with Gasteiger partial charge in [0.15, 0.2) is 0 Å². The maximum atomic E-state index is 11.7. The molecule has 3 aromatic rings. The van der Waals surface area contributed by atoms with Crippen LogP contribution in [0.25, 0.3) is 6.08 Å². The smallest absolute Gasteiger partial charge is 0.137 e. The molecule has 1 heterocycles. The van der Waals surface area contributed by atoms with Crippen LogP contribution in [0.1, 0.15) is 23.1 Å². The number of nitrogens with zero attached hydrogens (tertiary/aromatic N) is 3. The molecular weight excluding hydrogens is 369 g/mol. The van der Waals surface area contributed by atoms with Gasteiger partial charge in [-0.1, -0.05) is 59.6 Å². The van der Waals surface area contributed by atoms with Gasteiger partial charge in [0, 0.05) is 10.0 Å². The number of hydrogen-bond donors (Lipinski definition) is 1. The monoisotopic (exact) mass is 385 g/mol. The third kappa shape index (κ3) is 3.16. The average Bonchev–Trinajstić information content (AvgIpc) is 3.12. The van der Waals surface area contributed by atoms with Crippen LogP contribution in [-0.2, 0) is 18.6 Å². The van der Waals surface area contributed by atoms with E-state index in [4.69, 9.17) is 23.2 Å². The van der Waals surface area contributed by atoms with E-state index >= 15 is 0 Å². The van der Waals surface area contributed by atoms with E-state index in [0.29, 0.717) is 16.6 Å². The van der Waals surface area contributed by atoms with Gasteiger partial charge in [0.1, 0.15) is 18.3 Å². The summed E-state index contributed by atoms with van der Waals surface area (Å²) in [4.78, 5) is 3.99. The Bertz CT molecular complexity index is 969. The number of halogens is 2. The molecule has 6 heteroatoms. The number of hydrogen-bond acceptors (Lipinski definition) is 3. The predicted molar refractivity (Wildman–Crippen MR) is 103 cm³/mol. The summed E-state index contributed by atoms with van der Waals surface area (Å²) < 4.78 is 1.65. The fraction of sp³-hybridized carbons (Fsp3) is 0.200. The Morgan fingerprint density at radius 1 is 1.15 bits per heavy atom. The van der Waals surface area contributed by atoms with E-state index in [1.807, 2.05) is 30.3 Å². The summed E-state index contributed by atoms with van der Waals surface area (Å²) in [5.41, 5.74) is 2.61. The van der Waals surface area contributed by atoms with Crippen molar-refractivity contribution in [3.8, 4) is 0 Å². The summed E-state index contributed by atoms with van der Waals surface area (Å²) in [5, 5.41) is 17.1. The zero-order valence-electron chi connectivity index (χ0n) is 13.9. The normalized spacial score (nSPS) is 21.0. The topological polar surface area (TPSA) is 50.9 Å². The van der Waals surface area contributed by atoms with Crippen molar-refractivity contribution < 1.29 is 5.11 Å². The van der Waals surface area contributed by atoms with Crippen LogP contribution < -0.4 is 0 Å². The molecule has 4 nitrogen and oxygen atoms in total. The zero-order valence-corrected chi connectivity index (χ0v) is 15.5. The van der Waals surface area contributed by atoms with E-state index in [2.05, 4.69) is 16.1 Å². The molecule has 1 N–H and O–H groups in total. The summed E-state index contributed by atoms with van der Waals surface area (Å²) in [6.45, 7) is 0.293. The second kappa shape index (κ2) is 6.88. The van der Waals surface area contributed by atoms with Crippen molar-refractivity contribution in [3.63, 3.8) is 0 Å². The molecule has 0 bridgehead atoms. The summed E-state index contributed by atoms with van der Waals surface area (Å²) in [6.07, 6.45) is 6.65. The lowest BCUT2D eigenvalue weighted by Crippen LogP contribution is -2.37. The van der Waals surface area contributed by atoms with E-state index in [1.165, 1.54) is 6.33 Å². The van der Waals surface area contributed by atoms with Gasteiger partial charge in [0.2, 0.25) is 0 Å². The SMILES string of the molecule is O[C@]1(Cn2cncn2)/C(=C/c2ccc(Cl)cc2Cl)CCc2ccccc21. The van der Waals surface area contributed by atoms with Crippen LogP contribution >= 0.6 is 23.2 Å². The largest absolute Gasteiger partial charge is 0.379 e. The third-order valence-corrected chi connectivity index (χ3v) is 5.37. The Morgan fingerprint density at radius 3 is 2.77 bits per heavy atom. The molecule has 0 radical (unpaired) electrons. The van der Waals surface area contributed by atoms with Crippen molar-refractivity contribution in [1.29, 1.82) is 0 Å². The van der Waals surface area contributed by atoms with Crippen LogP contribution in [0.4, 0.5) is 0 Å². The van der Waals surface area contributed by atoms with E-state index in [1.54, 1.807) is 23.1 Å². The van der Waals surface area contributed by atoms with Crippen molar-refractivity contribution in [2.24, 2.45) is 0 Å². The van der Waals surface area contributed by atoms with Crippen molar-refractivity contribution in [2.75, 3.05) is 0 Å². The summed E-state index contributed by atoms with van der Waals surface area (Å²) in [5.74, 6) is 0. The first-order chi connectivity index (χ1) is 12.6. The number of fused-ring (bicyclic) bond motifs is 1. The Balaban J connectivity index is 1.83. The lowest BCUT2D eigenvalue weighted by Gasteiger charge is -2.37. The Kier molecular flexibility index (Phi) is 4.57. The molecule has 0 saturated heterocycles. The van der Waals surface area contributed by atoms with Crippen molar-refractivity contribution in [1.82, 2.24) is 14.8 Å². The van der Waals surface area contributed by atoms with E-state index < -0.39 is 5.60 Å². The van der Waals surface area contributed by atoms with Crippen LogP contribution in [0.3, 0.4) is 0 Å². The Labute approximate surface area is 161 Å². The second-order valence-electron chi connectivity index (χ2n) is 6.45. The van der Waals surface area contributed by atoms with Gasteiger partial charge in [-0.05, 0) is 47.2 Å². The molecular formula is C20H17Cl2N3O. The highest BCUT2D eigenvalue weighted by molar-refractivity contribution is 6.35. The summed E-state index contributed by atoms with van der Waals surface area (Å²) >= 11 is 12.4. The molecule has 0 fully saturated rings. The molecule has 132 valence electrons. The maximum absolute atomic E-state index is 11.7. The van der Waals surface area contributed by atoms with Gasteiger partial charge in [-0.15, -0.1) is 0 Å². The van der Waals surface area contributed by atoms with Crippen molar-refractivity contribution in [2.45, 2.75) is 25.0 Å². The van der Waals surface area contributed by atoms with Crippen LogP contribution in [0.15, 0.2) is 60.7 Å².